The SMILES string of the molecule is COc1nn(C)cc1C(=O)Nc1ccc(C(F)(F)F)cc1. The maximum Gasteiger partial charge on any atom is 0.416 e. The molecule has 112 valence electrons. The van der Waals surface area contributed by atoms with Gasteiger partial charge in [0.25, 0.3) is 5.91 Å². The molecule has 0 bridgehead atoms. The highest BCUT2D eigenvalue weighted by atomic mass is 19.4. The summed E-state index contributed by atoms with van der Waals surface area (Å²) < 4.78 is 43.7. The van der Waals surface area contributed by atoms with E-state index in [-0.39, 0.29) is 17.1 Å². The minimum absolute atomic E-state index is 0.141. The number of ether oxygens (including phenoxy) is 1. The van der Waals surface area contributed by atoms with Gasteiger partial charge < -0.3 is 10.1 Å². The summed E-state index contributed by atoms with van der Waals surface area (Å²) in [6.45, 7) is 0. The fourth-order valence-corrected chi connectivity index (χ4v) is 1.72. The van der Waals surface area contributed by atoms with E-state index in [1.54, 1.807) is 7.05 Å². The Labute approximate surface area is 118 Å². The zero-order valence-corrected chi connectivity index (χ0v) is 11.2. The molecule has 0 saturated carbocycles. The van der Waals surface area contributed by atoms with Crippen molar-refractivity contribution in [3.8, 4) is 5.88 Å². The number of aromatic nitrogens is 2. The van der Waals surface area contributed by atoms with Crippen molar-refractivity contribution in [2.24, 2.45) is 7.05 Å². The van der Waals surface area contributed by atoms with Crippen molar-refractivity contribution in [3.63, 3.8) is 0 Å². The first-order chi connectivity index (χ1) is 9.81. The Balaban J connectivity index is 2.16. The zero-order chi connectivity index (χ0) is 15.6. The average molecular weight is 299 g/mol. The van der Waals surface area contributed by atoms with Gasteiger partial charge in [-0.2, -0.15) is 13.2 Å². The molecule has 1 amide bonds. The van der Waals surface area contributed by atoms with Crippen LogP contribution in [0.5, 0.6) is 5.88 Å². The van der Waals surface area contributed by atoms with Gasteiger partial charge in [-0.25, -0.2) is 0 Å². The van der Waals surface area contributed by atoms with Gasteiger partial charge in [0.2, 0.25) is 5.88 Å². The highest BCUT2D eigenvalue weighted by Crippen LogP contribution is 2.30. The topological polar surface area (TPSA) is 56.2 Å². The summed E-state index contributed by atoms with van der Waals surface area (Å²) in [7, 11) is 2.99. The lowest BCUT2D eigenvalue weighted by molar-refractivity contribution is -0.137. The number of carbonyl (C=O) groups excluding carboxylic acids is 1. The smallest absolute Gasteiger partial charge is 0.416 e. The predicted molar refractivity (Wildman–Crippen MR) is 69.2 cm³/mol. The van der Waals surface area contributed by atoms with Crippen LogP contribution >= 0.6 is 0 Å². The Bertz CT molecular complexity index is 648. The van der Waals surface area contributed by atoms with E-state index in [4.69, 9.17) is 4.74 Å². The third kappa shape index (κ3) is 3.33. The van der Waals surface area contributed by atoms with Gasteiger partial charge in [0.1, 0.15) is 5.56 Å². The quantitative estimate of drug-likeness (QED) is 0.948. The number of anilines is 1. The van der Waals surface area contributed by atoms with Gasteiger partial charge >= 0.3 is 6.18 Å². The van der Waals surface area contributed by atoms with Crippen molar-refractivity contribution in [1.29, 1.82) is 0 Å². The second kappa shape index (κ2) is 5.47. The molecule has 0 aliphatic carbocycles. The molecule has 1 N–H and O–H groups in total. The van der Waals surface area contributed by atoms with E-state index in [9.17, 15) is 18.0 Å². The number of aryl methyl sites for hydroxylation is 1. The molecule has 1 aromatic heterocycles. The molecule has 2 rings (SSSR count). The molecule has 0 saturated heterocycles. The summed E-state index contributed by atoms with van der Waals surface area (Å²) in [4.78, 5) is 12.0. The standard InChI is InChI=1S/C13H12F3N3O2/c1-19-7-10(12(18-19)21-2)11(20)17-9-5-3-8(4-6-9)13(14,15)16/h3-7H,1-2H3,(H,17,20). The summed E-state index contributed by atoms with van der Waals surface area (Å²) in [5, 5.41) is 6.41. The van der Waals surface area contributed by atoms with Crippen LogP contribution in [0.15, 0.2) is 30.5 Å². The van der Waals surface area contributed by atoms with E-state index >= 15 is 0 Å². The predicted octanol–water partition coefficient (Wildman–Crippen LogP) is 2.70. The number of hydrogen-bond acceptors (Lipinski definition) is 3. The number of alkyl halides is 3. The largest absolute Gasteiger partial charge is 0.479 e. The number of nitrogens with zero attached hydrogens (tertiary/aromatic N) is 2. The van der Waals surface area contributed by atoms with Gasteiger partial charge in [-0.05, 0) is 24.3 Å². The Morgan fingerprint density at radius 3 is 2.43 bits per heavy atom. The maximum absolute atomic E-state index is 12.4. The molecule has 0 atom stereocenters. The van der Waals surface area contributed by atoms with Crippen molar-refractivity contribution in [2.75, 3.05) is 12.4 Å². The summed E-state index contributed by atoms with van der Waals surface area (Å²) in [5.74, 6) is -0.373. The molecule has 0 spiro atoms. The van der Waals surface area contributed by atoms with Crippen LogP contribution in [0.2, 0.25) is 0 Å². The normalized spacial score (nSPS) is 11.3. The van der Waals surface area contributed by atoms with Gasteiger partial charge in [-0.3, -0.25) is 9.48 Å². The minimum atomic E-state index is -4.41. The molecule has 0 radical (unpaired) electrons. The average Bonchev–Trinajstić information content (AvgIpc) is 2.79. The maximum atomic E-state index is 12.4. The Hall–Kier alpha value is -2.51. The third-order valence-corrected chi connectivity index (χ3v) is 2.70. The van der Waals surface area contributed by atoms with E-state index in [2.05, 4.69) is 10.4 Å². The Morgan fingerprint density at radius 1 is 1.29 bits per heavy atom. The van der Waals surface area contributed by atoms with Crippen molar-refractivity contribution in [1.82, 2.24) is 9.78 Å². The van der Waals surface area contributed by atoms with Crippen molar-refractivity contribution in [3.05, 3.63) is 41.6 Å². The van der Waals surface area contributed by atoms with Crippen LogP contribution in [-0.2, 0) is 13.2 Å². The first kappa shape index (κ1) is 14.9. The molecule has 0 aliphatic heterocycles. The Morgan fingerprint density at radius 2 is 1.90 bits per heavy atom. The molecule has 0 unspecified atom stereocenters. The van der Waals surface area contributed by atoms with Crippen LogP contribution in [0.4, 0.5) is 18.9 Å². The Kier molecular flexibility index (Phi) is 3.88. The number of methoxy groups -OCH3 is 1. The van der Waals surface area contributed by atoms with Crippen molar-refractivity contribution in [2.45, 2.75) is 6.18 Å². The van der Waals surface area contributed by atoms with Crippen LogP contribution in [0.3, 0.4) is 0 Å². The van der Waals surface area contributed by atoms with Gasteiger partial charge in [0.15, 0.2) is 0 Å². The monoisotopic (exact) mass is 299 g/mol. The molecule has 2 aromatic rings. The number of halogens is 3. The molecule has 1 heterocycles. The number of amides is 1. The molecule has 0 aliphatic rings. The molecule has 21 heavy (non-hydrogen) atoms. The van der Waals surface area contributed by atoms with Gasteiger partial charge in [0, 0.05) is 18.9 Å². The lowest BCUT2D eigenvalue weighted by Gasteiger charge is -2.08. The number of rotatable bonds is 3. The third-order valence-electron chi connectivity index (χ3n) is 2.70. The lowest BCUT2D eigenvalue weighted by atomic mass is 10.2. The number of nitrogens with one attached hydrogen (secondary N) is 1. The van der Waals surface area contributed by atoms with E-state index in [0.717, 1.165) is 12.1 Å². The number of hydrogen-bond donors (Lipinski definition) is 1. The highest BCUT2D eigenvalue weighted by Gasteiger charge is 2.30. The summed E-state index contributed by atoms with van der Waals surface area (Å²) in [5.41, 5.74) is -0.335. The second-order valence-corrected chi connectivity index (χ2v) is 4.25. The van der Waals surface area contributed by atoms with Gasteiger partial charge in [-0.15, -0.1) is 5.10 Å². The van der Waals surface area contributed by atoms with Crippen molar-refractivity contribution >= 4 is 11.6 Å². The summed E-state index contributed by atoms with van der Waals surface area (Å²) >= 11 is 0. The summed E-state index contributed by atoms with van der Waals surface area (Å²) in [6.07, 6.45) is -2.95. The first-order valence-corrected chi connectivity index (χ1v) is 5.87. The van der Waals surface area contributed by atoms with Crippen LogP contribution in [0.1, 0.15) is 15.9 Å². The molecule has 0 fully saturated rings. The minimum Gasteiger partial charge on any atom is -0.479 e. The van der Waals surface area contributed by atoms with E-state index in [1.165, 1.54) is 30.1 Å². The van der Waals surface area contributed by atoms with Crippen LogP contribution in [-0.4, -0.2) is 22.8 Å². The number of benzene rings is 1. The second-order valence-electron chi connectivity index (χ2n) is 4.25. The lowest BCUT2D eigenvalue weighted by Crippen LogP contribution is -2.12. The summed E-state index contributed by atoms with van der Waals surface area (Å²) in [6, 6.07) is 4.17. The molecule has 1 aromatic carbocycles. The van der Waals surface area contributed by atoms with Gasteiger partial charge in [-0.1, -0.05) is 0 Å². The van der Waals surface area contributed by atoms with E-state index in [0.29, 0.717) is 0 Å². The van der Waals surface area contributed by atoms with Crippen LogP contribution in [0, 0.1) is 0 Å². The molecular weight excluding hydrogens is 287 g/mol. The molecule has 5 nitrogen and oxygen atoms in total. The van der Waals surface area contributed by atoms with Crippen molar-refractivity contribution < 1.29 is 22.7 Å². The molecule has 8 heteroatoms. The van der Waals surface area contributed by atoms with E-state index < -0.39 is 17.6 Å². The first-order valence-electron chi connectivity index (χ1n) is 5.87. The fraction of sp³-hybridized carbons (Fsp3) is 0.231. The van der Waals surface area contributed by atoms with Crippen LogP contribution in [0.25, 0.3) is 0 Å². The highest BCUT2D eigenvalue weighted by molar-refractivity contribution is 6.05. The van der Waals surface area contributed by atoms with Crippen LogP contribution < -0.4 is 10.1 Å². The fourth-order valence-electron chi connectivity index (χ4n) is 1.72. The molecular formula is C13H12F3N3O2. The van der Waals surface area contributed by atoms with Gasteiger partial charge in [0.05, 0.1) is 12.7 Å². The number of carbonyl (C=O) groups is 1. The van der Waals surface area contributed by atoms with E-state index in [1.807, 2.05) is 0 Å². The zero-order valence-electron chi connectivity index (χ0n) is 11.2.